The second-order valence-corrected chi connectivity index (χ2v) is 31.9. The van der Waals surface area contributed by atoms with Gasteiger partial charge >= 0.3 is 0 Å². The minimum atomic E-state index is -0.0383. The predicted octanol–water partition coefficient (Wildman–Crippen LogP) is 18.2. The van der Waals surface area contributed by atoms with Crippen LogP contribution in [0.5, 0.6) is 11.5 Å². The first-order valence-electron chi connectivity index (χ1n) is 41.2. The van der Waals surface area contributed by atoms with Crippen molar-refractivity contribution in [3.63, 3.8) is 0 Å². The van der Waals surface area contributed by atoms with Crippen molar-refractivity contribution in [3.05, 3.63) is 306 Å². The van der Waals surface area contributed by atoms with Gasteiger partial charge in [-0.3, -0.25) is 57.9 Å². The molecule has 4 aliphatic heterocycles. The number of nitriles is 1. The number of hydrogen-bond donors (Lipinski definition) is 4. The zero-order chi connectivity index (χ0) is 91.0. The molecule has 130 heavy (non-hydrogen) atoms. The van der Waals surface area contributed by atoms with E-state index in [4.69, 9.17) is 81.9 Å². The van der Waals surface area contributed by atoms with E-state index in [1.165, 1.54) is 0 Å². The molecule has 636 valence electrons. The molecule has 0 spiro atoms. The smallest absolute Gasteiger partial charge is 0.238 e. The van der Waals surface area contributed by atoms with Gasteiger partial charge < -0.3 is 32.4 Å². The largest absolute Gasteiger partial charge is 0.500 e. The van der Waals surface area contributed by atoms with Gasteiger partial charge in [-0.2, -0.15) is 25.7 Å². The van der Waals surface area contributed by atoms with Crippen LogP contribution in [-0.4, -0.2) is 151 Å². The van der Waals surface area contributed by atoms with E-state index in [0.29, 0.717) is 112 Å². The van der Waals surface area contributed by atoms with Crippen molar-refractivity contribution in [2.45, 2.75) is 18.9 Å². The first kappa shape index (κ1) is 86.0. The van der Waals surface area contributed by atoms with E-state index in [2.05, 4.69) is 65.8 Å². The number of ketones is 4. The molecule has 11 aromatic carbocycles. The van der Waals surface area contributed by atoms with E-state index >= 15 is 0 Å². The van der Waals surface area contributed by atoms with Crippen LogP contribution in [0, 0.1) is 37.6 Å². The van der Waals surface area contributed by atoms with Gasteiger partial charge in [-0.25, -0.2) is 19.4 Å². The number of rotatable bonds is 15. The highest BCUT2D eigenvalue weighted by Crippen LogP contribution is 2.51. The number of hydrogen-bond acceptors (Lipinski definition) is 19. The predicted molar refractivity (Wildman–Crippen MR) is 508 cm³/mol. The molecule has 29 heteroatoms. The number of methoxy groups -OCH3 is 1. The fourth-order valence-electron chi connectivity index (χ4n) is 17.2. The van der Waals surface area contributed by atoms with Crippen molar-refractivity contribution >= 4 is 124 Å². The number of aryl methyl sites for hydroxylation is 4. The van der Waals surface area contributed by atoms with Gasteiger partial charge in [0.05, 0.1) is 127 Å². The number of fused-ring (bicyclic) bond motifs is 7. The van der Waals surface area contributed by atoms with E-state index in [0.717, 1.165) is 140 Å². The van der Waals surface area contributed by atoms with Gasteiger partial charge in [0.25, 0.3) is 0 Å². The maximum absolute atomic E-state index is 12.4. The van der Waals surface area contributed by atoms with Crippen molar-refractivity contribution in [2.24, 2.45) is 71.1 Å². The second kappa shape index (κ2) is 36.1. The molecule has 0 radical (unpaired) electrons. The third-order valence-corrected chi connectivity index (χ3v) is 24.2. The topological polar surface area (TPSA) is 353 Å². The number of aliphatic imine (C=N–C) groups is 4. The Morgan fingerprint density at radius 2 is 0.692 bits per heavy atom. The van der Waals surface area contributed by atoms with Crippen LogP contribution in [0.2, 0.25) is 10.0 Å². The van der Waals surface area contributed by atoms with E-state index in [9.17, 15) is 24.4 Å². The van der Waals surface area contributed by atoms with E-state index in [1.54, 1.807) is 68.8 Å². The third-order valence-electron chi connectivity index (χ3n) is 23.6. The molecular formula is C101H77Cl2N21O6. The molecule has 1 saturated carbocycles. The van der Waals surface area contributed by atoms with Gasteiger partial charge in [0.15, 0.2) is 23.1 Å². The Hall–Kier alpha value is -16.1. The number of carbonyl (C=O) groups excluding carboxylic acids is 4. The monoisotopic (exact) mass is 1750 g/mol. The van der Waals surface area contributed by atoms with E-state index < -0.39 is 0 Å². The first-order valence-corrected chi connectivity index (χ1v) is 42.0. The summed E-state index contributed by atoms with van der Waals surface area (Å²) in [5.74, 6) is 1.01. The Balaban J connectivity index is 0.000000121. The molecule has 0 atom stereocenters. The van der Waals surface area contributed by atoms with Crippen LogP contribution in [0.1, 0.15) is 82.1 Å². The quantitative estimate of drug-likeness (QED) is 0.0693. The minimum absolute atomic E-state index is 0.0188. The number of Topliss-reactive ketones (excluding diaryl/α,β-unsaturated/α-hetero) is 4. The molecule has 1 aliphatic carbocycles. The Labute approximate surface area is 755 Å². The lowest BCUT2D eigenvalue weighted by Gasteiger charge is -2.17. The van der Waals surface area contributed by atoms with Crippen LogP contribution in [0.4, 0.5) is 22.7 Å². The van der Waals surface area contributed by atoms with Gasteiger partial charge in [-0.15, -0.1) is 0 Å². The van der Waals surface area contributed by atoms with Gasteiger partial charge in [0.1, 0.15) is 37.7 Å². The molecule has 5 aliphatic rings. The molecule has 0 bridgehead atoms. The Morgan fingerprint density at radius 1 is 0.377 bits per heavy atom. The number of nitrogens with zero attached hydrogens (tertiary/aromatic N) is 17. The van der Waals surface area contributed by atoms with Crippen LogP contribution in [0.15, 0.2) is 221 Å². The molecular weight excluding hydrogens is 1670 g/mol. The average molecular weight is 1750 g/mol. The third kappa shape index (κ3) is 15.6. The number of carbonyl (C=O) groups is 4. The van der Waals surface area contributed by atoms with Crippen molar-refractivity contribution < 1.29 is 28.7 Å². The number of ether oxygens (including phenoxy) is 2. The fourth-order valence-corrected chi connectivity index (χ4v) is 17.6. The van der Waals surface area contributed by atoms with Crippen LogP contribution in [0.25, 0.3) is 141 Å². The molecule has 0 amide bonds. The van der Waals surface area contributed by atoms with Crippen LogP contribution in [-0.2, 0) is 28.2 Å². The lowest BCUT2D eigenvalue weighted by molar-refractivity contribution is 0.0992. The van der Waals surface area contributed by atoms with Gasteiger partial charge in [-0.05, 0) is 111 Å². The Kier molecular flexibility index (Phi) is 23.9. The number of benzene rings is 11. The molecule has 1 fully saturated rings. The van der Waals surface area contributed by atoms with Crippen LogP contribution >= 0.6 is 23.2 Å². The second-order valence-electron chi connectivity index (χ2n) is 31.1. The highest BCUT2D eigenvalue weighted by molar-refractivity contribution is 6.37. The fraction of sp³-hybridized carbons (Fsp3) is 0.158. The molecule has 27 nitrogen and oxygen atoms in total. The highest BCUT2D eigenvalue weighted by Gasteiger charge is 2.33. The van der Waals surface area contributed by atoms with Gasteiger partial charge in [0, 0.05) is 154 Å². The molecule has 0 saturated heterocycles. The summed E-state index contributed by atoms with van der Waals surface area (Å²) in [6.07, 6.45) is 9.07. The first-order chi connectivity index (χ1) is 63.2. The number of nitrogens with two attached hydrogens (primary N) is 4. The maximum Gasteiger partial charge on any atom is 0.238 e. The van der Waals surface area contributed by atoms with E-state index in [1.807, 2.05) is 186 Å². The summed E-state index contributed by atoms with van der Waals surface area (Å²) in [5, 5.41) is 33.5. The Bertz CT molecular complexity index is 7710. The Morgan fingerprint density at radius 3 is 1.04 bits per heavy atom. The molecule has 20 rings (SSSR count). The SMILES string of the molecule is [C-]#[N+]c1c(-c2c(-c3ccc4c(c3)C(CN)=NCC4=O)cnn2C)cc(C#N)c2ccccc12.[C-]#[N+]c1c(-c2c(-c3ccc4c(c3)C(CN)=NCC4=O)cnn2C)cc(Cl)c2ccccc12.[C-]#[N+]c1c(-c2c(-c3ccc4c(c3)C(CN)=NCC4=O)cnn2C)cc(OC)c2ccccc12.[C-]#[N+]c1c(-c2c(-c3ccc4c(c3)C(CN)=NCC4=O)cnn2C)ccc(Cl)c1OC1CC1. The van der Waals surface area contributed by atoms with Crippen molar-refractivity contribution in [3.8, 4) is 107 Å². The summed E-state index contributed by atoms with van der Waals surface area (Å²) in [6, 6.07) is 56.6. The van der Waals surface area contributed by atoms with Gasteiger partial charge in [-0.1, -0.05) is 151 Å². The lowest BCUT2D eigenvalue weighted by Crippen LogP contribution is -2.24. The molecule has 4 aromatic heterocycles. The van der Waals surface area contributed by atoms with E-state index in [-0.39, 0.29) is 81.6 Å². The summed E-state index contributed by atoms with van der Waals surface area (Å²) in [5.41, 5.74) is 46.7. The van der Waals surface area contributed by atoms with Crippen molar-refractivity contribution in [1.82, 2.24) is 39.1 Å². The van der Waals surface area contributed by atoms with Crippen molar-refractivity contribution in [2.75, 3.05) is 59.5 Å². The minimum Gasteiger partial charge on any atom is -0.500 e. The average Bonchev–Trinajstić information content (AvgIpc) is 1.59. The lowest BCUT2D eigenvalue weighted by atomic mass is 9.90. The van der Waals surface area contributed by atoms with Crippen LogP contribution < -0.4 is 32.4 Å². The van der Waals surface area contributed by atoms with Crippen molar-refractivity contribution in [1.29, 1.82) is 5.26 Å². The summed E-state index contributed by atoms with van der Waals surface area (Å²) in [7, 11) is 8.95. The summed E-state index contributed by atoms with van der Waals surface area (Å²) in [6.45, 7) is 33.0. The summed E-state index contributed by atoms with van der Waals surface area (Å²) < 4.78 is 18.6. The molecule has 15 aromatic rings. The van der Waals surface area contributed by atoms with Crippen LogP contribution in [0.3, 0.4) is 0 Å². The maximum atomic E-state index is 12.4. The molecule has 8 heterocycles. The normalized spacial score (nSPS) is 13.5. The summed E-state index contributed by atoms with van der Waals surface area (Å²) in [4.78, 5) is 82.0. The van der Waals surface area contributed by atoms with Gasteiger partial charge in [0.2, 0.25) is 22.7 Å². The summed E-state index contributed by atoms with van der Waals surface area (Å²) >= 11 is 13.0. The molecule has 0 unspecified atom stereocenters. The zero-order valence-corrected chi connectivity index (χ0v) is 72.3. The number of halogens is 2. The highest BCUT2D eigenvalue weighted by atomic mass is 35.5. The zero-order valence-electron chi connectivity index (χ0n) is 70.8. The standard InChI is InChI=1S/C26H18N6O.C26H21N5O2.C25H18ClN5O.C24H20ClN5O2/c1-29-25-19-6-4-3-5-17(19)16(11-27)10-21(25)26-22(13-31-32(26)2)15-7-8-18-20(9-15)23(12-28)30-14-24(18)33;1-28-25-18-7-5-4-6-17(18)24(33-3)11-20(25)26-21(13-30-31(26)2)15-8-9-16-19(10-15)22(12-27)29-14-23(16)32;1-28-24-17-6-4-3-5-15(17)21(26)10-19(24)25-20(12-30-31(25)2)14-7-8-16-18(9-14)22(11-27)29-13-23(16)32;1-27-22-16(7-8-19(25)24(22)32-14-4-5-14)23-18(11-29-30(23)2)13-3-6-15-17(9-13)20(10-26)28-12-21(15)31/h3-10,13H,12,14,28H2,2H3;4-11,13H,12,14,27H2,2-3H3;3-10,12H,11,13,27H2,2H3;3,6-9,11,14H,4-5,10,12,26H2,2H3. The number of aromatic nitrogens is 8. The molecule has 8 N–H and O–H groups in total.